The van der Waals surface area contributed by atoms with Crippen LogP contribution >= 0.6 is 0 Å². The lowest BCUT2D eigenvalue weighted by molar-refractivity contribution is -0.130. The van der Waals surface area contributed by atoms with Gasteiger partial charge in [0.05, 0.1) is 7.39 Å². The maximum atomic E-state index is 11.8. The van der Waals surface area contributed by atoms with Gasteiger partial charge in [-0.05, 0) is 6.85 Å². The fourth-order valence-electron chi connectivity index (χ4n) is 0.618. The van der Waals surface area contributed by atoms with Crippen molar-refractivity contribution in [1.29, 1.82) is 0 Å². The van der Waals surface area contributed by atoms with E-state index in [0.717, 1.165) is 0 Å². The summed E-state index contributed by atoms with van der Waals surface area (Å²) in [6.45, 7) is 3.24. The smallest absolute Gasteiger partial charge is 0.223 e. The lowest BCUT2D eigenvalue weighted by Crippen LogP contribution is -2.42. The molecule has 76 valence electrons. The van der Waals surface area contributed by atoms with Crippen molar-refractivity contribution in [2.45, 2.75) is 40.6 Å². The SMILES string of the molecule is [2H]C([2H])([2H])C([2H])(N[13C](=O)C(C)C)C(=O)C(C)C. The largest absolute Gasteiger partial charge is 0.346 e. The molecule has 0 aromatic rings. The third-order valence-corrected chi connectivity index (χ3v) is 1.54. The van der Waals surface area contributed by atoms with Crippen molar-refractivity contribution in [3.63, 3.8) is 0 Å². The van der Waals surface area contributed by atoms with Gasteiger partial charge >= 0.3 is 0 Å². The first-order chi connectivity index (χ1) is 7.43. The van der Waals surface area contributed by atoms with E-state index in [1.807, 2.05) is 5.32 Å². The van der Waals surface area contributed by atoms with E-state index in [9.17, 15) is 9.59 Å². The number of nitrogens with one attached hydrogen (secondary N) is 1. The van der Waals surface area contributed by atoms with E-state index in [-0.39, 0.29) is 0 Å². The van der Waals surface area contributed by atoms with Gasteiger partial charge in [-0.3, -0.25) is 9.59 Å². The molecule has 0 aliphatic carbocycles. The molecule has 3 nitrogen and oxygen atoms in total. The van der Waals surface area contributed by atoms with Crippen LogP contribution < -0.4 is 5.32 Å². The highest BCUT2D eigenvalue weighted by molar-refractivity contribution is 5.90. The van der Waals surface area contributed by atoms with Gasteiger partial charge < -0.3 is 5.32 Å². The lowest BCUT2D eigenvalue weighted by Gasteiger charge is -2.16. The van der Waals surface area contributed by atoms with Gasteiger partial charge in [0.2, 0.25) is 5.91 Å². The molecule has 0 heterocycles. The summed E-state index contributed by atoms with van der Waals surface area (Å²) < 4.78 is 29.6. The Bertz CT molecular complexity index is 312. The van der Waals surface area contributed by atoms with Crippen LogP contribution in [-0.4, -0.2) is 17.7 Å². The third-order valence-electron chi connectivity index (χ3n) is 1.54. The Balaban J connectivity index is 5.28. The zero-order valence-electron chi connectivity index (χ0n) is 12.5. The van der Waals surface area contributed by atoms with Crippen LogP contribution in [0.3, 0.4) is 0 Å². The molecule has 1 unspecified atom stereocenters. The van der Waals surface area contributed by atoms with Gasteiger partial charge in [0, 0.05) is 15.9 Å². The lowest BCUT2D eigenvalue weighted by atomic mass is 10.0. The number of carbonyl (C=O) groups excluding carboxylic acids is 2. The molecule has 0 spiro atoms. The molecule has 0 saturated heterocycles. The number of carbonyl (C=O) groups is 2. The summed E-state index contributed by atoms with van der Waals surface area (Å²) in [6.07, 6.45) is 0. The number of hydrogen-bond donors (Lipinski definition) is 1. The molecule has 0 radical (unpaired) electrons. The van der Waals surface area contributed by atoms with Gasteiger partial charge in [-0.25, -0.2) is 0 Å². The second-order valence-corrected chi connectivity index (χ2v) is 3.54. The molecule has 1 atom stereocenters. The van der Waals surface area contributed by atoms with Gasteiger partial charge in [-0.2, -0.15) is 0 Å². The van der Waals surface area contributed by atoms with E-state index in [2.05, 4.69) is 0 Å². The second kappa shape index (κ2) is 5.00. The minimum Gasteiger partial charge on any atom is -0.346 e. The van der Waals surface area contributed by atoms with Crippen LogP contribution in [-0.2, 0) is 9.59 Å². The molecule has 1 amide bonds. The van der Waals surface area contributed by atoms with Crippen LogP contribution in [0.15, 0.2) is 0 Å². The predicted molar refractivity (Wildman–Crippen MR) is 52.3 cm³/mol. The van der Waals surface area contributed by atoms with Crippen molar-refractivity contribution >= 4 is 11.7 Å². The normalized spacial score (nSPS) is 21.1. The molecule has 1 N–H and O–H groups in total. The van der Waals surface area contributed by atoms with Crippen LogP contribution in [0.1, 0.15) is 40.0 Å². The van der Waals surface area contributed by atoms with Crippen molar-refractivity contribution in [2.75, 3.05) is 0 Å². The fraction of sp³-hybridized carbons (Fsp3) is 0.800. The Morgan fingerprint density at radius 3 is 2.08 bits per heavy atom. The number of rotatable bonds is 4. The number of ketones is 1. The van der Waals surface area contributed by atoms with E-state index in [4.69, 9.17) is 5.48 Å². The molecular weight excluding hydrogens is 167 g/mol. The van der Waals surface area contributed by atoms with Crippen LogP contribution in [0.2, 0.25) is 0 Å². The Kier molecular flexibility index (Phi) is 2.53. The Morgan fingerprint density at radius 2 is 1.77 bits per heavy atom. The van der Waals surface area contributed by atoms with Crippen molar-refractivity contribution in [1.82, 2.24) is 5.32 Å². The first-order valence-electron chi connectivity index (χ1n) is 6.29. The summed E-state index contributed by atoms with van der Waals surface area (Å²) in [5.41, 5.74) is 0. The van der Waals surface area contributed by atoms with Crippen molar-refractivity contribution in [3.05, 3.63) is 0 Å². The summed E-state index contributed by atoms with van der Waals surface area (Å²) >= 11 is 0. The maximum Gasteiger partial charge on any atom is 0.223 e. The van der Waals surface area contributed by atoms with Crippen molar-refractivity contribution in [2.24, 2.45) is 11.8 Å². The summed E-state index contributed by atoms with van der Waals surface area (Å²) in [6, 6.07) is -2.57. The van der Waals surface area contributed by atoms with Crippen molar-refractivity contribution in [3.8, 4) is 0 Å². The molecule has 0 aliphatic rings. The molecule has 0 rings (SSSR count). The van der Waals surface area contributed by atoms with Gasteiger partial charge in [0.1, 0.15) is 0 Å². The average Bonchev–Trinajstić information content (AvgIpc) is 2.13. The van der Waals surface area contributed by atoms with Crippen LogP contribution in [0.4, 0.5) is 0 Å². The zero-order valence-corrected chi connectivity index (χ0v) is 8.47. The van der Waals surface area contributed by atoms with Gasteiger partial charge in [0.25, 0.3) is 0 Å². The van der Waals surface area contributed by atoms with E-state index >= 15 is 0 Å². The highest BCUT2D eigenvalue weighted by atomic mass is 16.2. The summed E-state index contributed by atoms with van der Waals surface area (Å²) in [5, 5.41) is 2.03. The maximum absolute atomic E-state index is 11.8. The summed E-state index contributed by atoms with van der Waals surface area (Å²) in [5.74, 6) is -2.56. The molecule has 3 heteroatoms. The molecule has 0 bridgehead atoms. The minimum atomic E-state index is -2.89. The average molecular weight is 190 g/mol. The molecule has 0 aromatic heterocycles. The molecule has 0 aliphatic heterocycles. The third kappa shape index (κ3) is 4.06. The van der Waals surface area contributed by atoms with Crippen LogP contribution in [0.25, 0.3) is 0 Å². The standard InChI is InChI=1S/C10H19NO2/c1-6(2)9(12)8(5)11-10(13)7(3)4/h6-8H,1-5H3,(H,11,13)/i5D3,8D,10+1. The monoisotopic (exact) mass is 190 g/mol. The first-order valence-corrected chi connectivity index (χ1v) is 4.29. The highest BCUT2D eigenvalue weighted by Gasteiger charge is 2.19. The Labute approximate surface area is 85.5 Å². The highest BCUT2D eigenvalue weighted by Crippen LogP contribution is 2.00. The molecule has 13 heavy (non-hydrogen) atoms. The van der Waals surface area contributed by atoms with Gasteiger partial charge in [-0.1, -0.05) is 27.7 Å². The van der Waals surface area contributed by atoms with E-state index in [1.165, 1.54) is 13.8 Å². The number of amides is 1. The van der Waals surface area contributed by atoms with Gasteiger partial charge in [0.15, 0.2) is 5.78 Å². The summed E-state index contributed by atoms with van der Waals surface area (Å²) in [4.78, 5) is 23.3. The minimum absolute atomic E-state index is 0.484. The molecular formula is C10H19NO2. The molecule has 0 saturated carbocycles. The zero-order chi connectivity index (χ0) is 14.0. The van der Waals surface area contributed by atoms with Crippen molar-refractivity contribution < 1.29 is 15.1 Å². The Hall–Kier alpha value is -0.860. The van der Waals surface area contributed by atoms with E-state index in [0.29, 0.717) is 0 Å². The quantitative estimate of drug-likeness (QED) is 0.681. The molecule has 0 fully saturated rings. The topological polar surface area (TPSA) is 46.2 Å². The predicted octanol–water partition coefficient (Wildman–Crippen LogP) is 1.37. The summed E-state index contributed by atoms with van der Waals surface area (Å²) in [7, 11) is 0. The number of hydrogen-bond acceptors (Lipinski definition) is 2. The van der Waals surface area contributed by atoms with Crippen LogP contribution in [0, 0.1) is 11.8 Å². The second-order valence-electron chi connectivity index (χ2n) is 3.54. The number of Topliss-reactive ketones (excluding diaryl/α,β-unsaturated/α-hetero) is 1. The Morgan fingerprint density at radius 1 is 1.23 bits per heavy atom. The molecule has 0 aromatic carbocycles. The van der Waals surface area contributed by atoms with E-state index < -0.39 is 36.4 Å². The van der Waals surface area contributed by atoms with Gasteiger partial charge in [-0.15, -0.1) is 0 Å². The fourth-order valence-corrected chi connectivity index (χ4v) is 0.618. The van der Waals surface area contributed by atoms with E-state index in [1.54, 1.807) is 13.8 Å². The van der Waals surface area contributed by atoms with Crippen LogP contribution in [0.5, 0.6) is 0 Å². The first kappa shape index (κ1) is 6.57.